The highest BCUT2D eigenvalue weighted by molar-refractivity contribution is 7.20. The number of rotatable bonds is 3. The van der Waals surface area contributed by atoms with E-state index in [-0.39, 0.29) is 32.9 Å². The van der Waals surface area contributed by atoms with Crippen molar-refractivity contribution in [1.82, 2.24) is 9.97 Å². The predicted octanol–water partition coefficient (Wildman–Crippen LogP) is 2.27. The molecule has 5 nitrogen and oxygen atoms in total. The highest BCUT2D eigenvalue weighted by Gasteiger charge is 2.30. The van der Waals surface area contributed by atoms with Gasteiger partial charge in [0.25, 0.3) is 5.56 Å². The summed E-state index contributed by atoms with van der Waals surface area (Å²) < 4.78 is 38.3. The zero-order chi connectivity index (χ0) is 18.4. The Kier molecular flexibility index (Phi) is 4.11. The summed E-state index contributed by atoms with van der Waals surface area (Å²) in [6, 6.07) is 4.71. The first-order valence-corrected chi connectivity index (χ1v) is 7.88. The van der Waals surface area contributed by atoms with Gasteiger partial charge in [-0.05, 0) is 24.1 Å². The van der Waals surface area contributed by atoms with Crippen molar-refractivity contribution >= 4 is 27.5 Å². The number of thiophene rings is 1. The molecule has 0 radical (unpaired) electrons. The van der Waals surface area contributed by atoms with Gasteiger partial charge in [0.15, 0.2) is 0 Å². The number of alkyl halides is 3. The van der Waals surface area contributed by atoms with Crippen molar-refractivity contribution in [2.75, 3.05) is 0 Å². The fourth-order valence-electron chi connectivity index (χ4n) is 2.52. The molecule has 0 amide bonds. The average Bonchev–Trinajstić information content (AvgIpc) is 2.84. The van der Waals surface area contributed by atoms with E-state index in [4.69, 9.17) is 0 Å². The predicted molar refractivity (Wildman–Crippen MR) is 83.6 cm³/mol. The van der Waals surface area contributed by atoms with E-state index in [2.05, 4.69) is 9.97 Å². The van der Waals surface area contributed by atoms with Crippen LogP contribution in [-0.4, -0.2) is 15.9 Å². The first kappa shape index (κ1) is 17.2. The summed E-state index contributed by atoms with van der Waals surface area (Å²) in [6.45, 7) is 1.48. The van der Waals surface area contributed by atoms with E-state index in [1.807, 2.05) is 0 Å². The molecule has 130 valence electrons. The third-order valence-corrected chi connectivity index (χ3v) is 4.83. The molecule has 0 saturated heterocycles. The molecular weight excluding hydrogens is 357 g/mol. The van der Waals surface area contributed by atoms with Crippen LogP contribution in [0.4, 0.5) is 13.2 Å². The van der Waals surface area contributed by atoms with Gasteiger partial charge in [-0.25, -0.2) is 4.98 Å². The maximum atomic E-state index is 12.8. The largest absolute Gasteiger partial charge is 0.544 e. The van der Waals surface area contributed by atoms with Gasteiger partial charge in [-0.2, -0.15) is 13.2 Å². The highest BCUT2D eigenvalue weighted by Crippen LogP contribution is 2.30. The zero-order valence-electron chi connectivity index (χ0n) is 12.7. The summed E-state index contributed by atoms with van der Waals surface area (Å²) >= 11 is 0.805. The van der Waals surface area contributed by atoms with Crippen molar-refractivity contribution in [3.63, 3.8) is 0 Å². The van der Waals surface area contributed by atoms with E-state index in [0.717, 1.165) is 23.5 Å². The number of carbonyl (C=O) groups excluding carboxylic acids is 1. The summed E-state index contributed by atoms with van der Waals surface area (Å²) in [5.74, 6) is -1.25. The van der Waals surface area contributed by atoms with Gasteiger partial charge < -0.3 is 14.9 Å². The van der Waals surface area contributed by atoms with Gasteiger partial charge in [0.2, 0.25) is 0 Å². The standard InChI is InChI=1S/C16H11F3N2O3S/c1-7-11-13(22)20-10(21-14(11)25-12(7)15(23)24)6-8-3-2-4-9(5-8)16(17,18)19/h2-5H,6H2,1H3,(H,23,24)(H,20,21,22)/p-1. The molecule has 0 unspecified atom stereocenters. The number of H-pyrrole nitrogens is 1. The van der Waals surface area contributed by atoms with E-state index >= 15 is 0 Å². The van der Waals surface area contributed by atoms with Crippen LogP contribution in [0.1, 0.15) is 32.2 Å². The van der Waals surface area contributed by atoms with Crippen LogP contribution in [0.3, 0.4) is 0 Å². The van der Waals surface area contributed by atoms with Crippen LogP contribution < -0.4 is 10.7 Å². The molecule has 0 aliphatic rings. The molecule has 0 aliphatic heterocycles. The number of hydrogen-bond donors (Lipinski definition) is 1. The van der Waals surface area contributed by atoms with Crippen LogP contribution in [0.2, 0.25) is 0 Å². The van der Waals surface area contributed by atoms with E-state index < -0.39 is 23.3 Å². The lowest BCUT2D eigenvalue weighted by Gasteiger charge is -2.08. The van der Waals surface area contributed by atoms with Crippen LogP contribution in [-0.2, 0) is 12.6 Å². The highest BCUT2D eigenvalue weighted by atomic mass is 32.1. The summed E-state index contributed by atoms with van der Waals surface area (Å²) in [5.41, 5.74) is -0.738. The number of aromatic amines is 1. The monoisotopic (exact) mass is 367 g/mol. The number of carboxylic acids is 1. The van der Waals surface area contributed by atoms with Gasteiger partial charge in [-0.1, -0.05) is 18.2 Å². The van der Waals surface area contributed by atoms with Crippen LogP contribution in [0.5, 0.6) is 0 Å². The van der Waals surface area contributed by atoms with Crippen molar-refractivity contribution in [1.29, 1.82) is 0 Å². The summed E-state index contributed by atoms with van der Waals surface area (Å²) in [5, 5.41) is 11.2. The molecule has 1 aromatic carbocycles. The zero-order valence-corrected chi connectivity index (χ0v) is 13.5. The fourth-order valence-corrected chi connectivity index (χ4v) is 3.55. The number of carboxylic acid groups (broad SMARTS) is 1. The Morgan fingerprint density at radius 1 is 1.36 bits per heavy atom. The second-order valence-corrected chi connectivity index (χ2v) is 6.41. The number of hydrogen-bond acceptors (Lipinski definition) is 5. The number of aromatic carboxylic acids is 1. The van der Waals surface area contributed by atoms with Crippen molar-refractivity contribution in [3.05, 3.63) is 62.0 Å². The average molecular weight is 367 g/mol. The number of aromatic nitrogens is 2. The van der Waals surface area contributed by atoms with Crippen LogP contribution >= 0.6 is 11.3 Å². The number of fused-ring (bicyclic) bond motifs is 1. The maximum Gasteiger partial charge on any atom is 0.416 e. The minimum atomic E-state index is -4.46. The lowest BCUT2D eigenvalue weighted by atomic mass is 10.1. The minimum absolute atomic E-state index is 0.0211. The van der Waals surface area contributed by atoms with Crippen LogP contribution in [0.25, 0.3) is 10.2 Å². The third-order valence-electron chi connectivity index (χ3n) is 3.66. The van der Waals surface area contributed by atoms with Crippen LogP contribution in [0, 0.1) is 6.92 Å². The first-order valence-electron chi connectivity index (χ1n) is 7.06. The maximum absolute atomic E-state index is 12.8. The van der Waals surface area contributed by atoms with E-state index in [1.165, 1.54) is 19.1 Å². The quantitative estimate of drug-likeness (QED) is 0.769. The molecule has 0 saturated carbocycles. The molecule has 0 fully saturated rings. The minimum Gasteiger partial charge on any atom is -0.544 e. The fraction of sp³-hybridized carbons (Fsp3) is 0.188. The van der Waals surface area contributed by atoms with E-state index in [0.29, 0.717) is 5.56 Å². The lowest BCUT2D eigenvalue weighted by molar-refractivity contribution is -0.254. The van der Waals surface area contributed by atoms with E-state index in [1.54, 1.807) is 0 Å². The molecule has 1 N–H and O–H groups in total. The molecule has 9 heteroatoms. The van der Waals surface area contributed by atoms with Gasteiger partial charge in [0.1, 0.15) is 10.7 Å². The number of halogens is 3. The summed E-state index contributed by atoms with van der Waals surface area (Å²) in [4.78, 5) is 30.0. The molecule has 3 rings (SSSR count). The molecule has 0 spiro atoms. The molecule has 0 aliphatic carbocycles. The van der Waals surface area contributed by atoms with Gasteiger partial charge in [-0.15, -0.1) is 11.3 Å². The number of aryl methyl sites for hydroxylation is 1. The van der Waals surface area contributed by atoms with Gasteiger partial charge >= 0.3 is 6.18 Å². The Morgan fingerprint density at radius 2 is 2.08 bits per heavy atom. The van der Waals surface area contributed by atoms with Crippen molar-refractivity contribution < 1.29 is 23.1 Å². The topological polar surface area (TPSA) is 85.9 Å². The normalized spacial score (nSPS) is 11.8. The number of nitrogens with one attached hydrogen (secondary N) is 1. The smallest absolute Gasteiger partial charge is 0.416 e. The number of nitrogens with zero attached hydrogens (tertiary/aromatic N) is 1. The lowest BCUT2D eigenvalue weighted by Crippen LogP contribution is -2.21. The molecule has 0 bridgehead atoms. The Hall–Kier alpha value is -2.68. The Labute approximate surface area is 142 Å². The van der Waals surface area contributed by atoms with Gasteiger partial charge in [0, 0.05) is 6.42 Å². The summed E-state index contributed by atoms with van der Waals surface area (Å²) in [6.07, 6.45) is -4.48. The van der Waals surface area contributed by atoms with Gasteiger partial charge in [0.05, 0.1) is 21.8 Å². The Bertz CT molecular complexity index is 1040. The molecule has 0 atom stereocenters. The van der Waals surface area contributed by atoms with Crippen molar-refractivity contribution in [2.24, 2.45) is 0 Å². The first-order chi connectivity index (χ1) is 11.7. The van der Waals surface area contributed by atoms with Crippen molar-refractivity contribution in [3.8, 4) is 0 Å². The Morgan fingerprint density at radius 3 is 2.72 bits per heavy atom. The third kappa shape index (κ3) is 3.27. The molecular formula is C16H10F3N2O3S-. The number of benzene rings is 1. The molecule has 2 aromatic heterocycles. The Balaban J connectivity index is 2.03. The second kappa shape index (κ2) is 5.99. The molecule has 3 aromatic rings. The summed E-state index contributed by atoms with van der Waals surface area (Å²) in [7, 11) is 0. The molecule has 2 heterocycles. The van der Waals surface area contributed by atoms with Gasteiger partial charge in [-0.3, -0.25) is 4.79 Å². The van der Waals surface area contributed by atoms with E-state index in [9.17, 15) is 27.9 Å². The van der Waals surface area contributed by atoms with Crippen LogP contribution in [0.15, 0.2) is 29.1 Å². The number of carbonyl (C=O) groups is 1. The SMILES string of the molecule is Cc1c(C(=O)[O-])sc2nc(Cc3cccc(C(F)(F)F)c3)[nH]c(=O)c12. The molecule has 25 heavy (non-hydrogen) atoms. The second-order valence-electron chi connectivity index (χ2n) is 5.41. The van der Waals surface area contributed by atoms with Crippen molar-refractivity contribution in [2.45, 2.75) is 19.5 Å².